The zero-order valence-corrected chi connectivity index (χ0v) is 17.5. The van der Waals surface area contributed by atoms with E-state index in [9.17, 15) is 15.0 Å². The first-order valence-corrected chi connectivity index (χ1v) is 10.5. The lowest BCUT2D eigenvalue weighted by molar-refractivity contribution is 0.0683. The molecule has 2 N–H and O–H groups in total. The van der Waals surface area contributed by atoms with Crippen molar-refractivity contribution >= 4 is 21.9 Å². The fourth-order valence-corrected chi connectivity index (χ4v) is 4.15. The Hall–Kier alpha value is -2.15. The van der Waals surface area contributed by atoms with Gasteiger partial charge in [-0.25, -0.2) is 9.78 Å². The third-order valence-electron chi connectivity index (χ3n) is 5.35. The Balaban J connectivity index is 1.93. The van der Waals surface area contributed by atoms with Crippen LogP contribution in [0.3, 0.4) is 0 Å². The first-order chi connectivity index (χ1) is 13.4. The van der Waals surface area contributed by atoms with Crippen LogP contribution in [-0.4, -0.2) is 32.8 Å². The number of benzene rings is 1. The number of aromatic hydroxyl groups is 1. The van der Waals surface area contributed by atoms with Crippen LogP contribution in [0.2, 0.25) is 0 Å². The van der Waals surface area contributed by atoms with Crippen LogP contribution in [0, 0.1) is 0 Å². The van der Waals surface area contributed by atoms with Crippen molar-refractivity contribution in [3.8, 4) is 11.6 Å². The second-order valence-electron chi connectivity index (χ2n) is 7.32. The normalized spacial score (nSPS) is 15.5. The predicted molar refractivity (Wildman–Crippen MR) is 109 cm³/mol. The van der Waals surface area contributed by atoms with Gasteiger partial charge in [-0.15, -0.1) is 0 Å². The van der Waals surface area contributed by atoms with Gasteiger partial charge >= 0.3 is 5.97 Å². The van der Waals surface area contributed by atoms with Crippen molar-refractivity contribution in [2.75, 3.05) is 6.61 Å². The van der Waals surface area contributed by atoms with Gasteiger partial charge in [0, 0.05) is 16.3 Å². The van der Waals surface area contributed by atoms with Gasteiger partial charge in [0.25, 0.3) is 5.88 Å². The summed E-state index contributed by atoms with van der Waals surface area (Å²) in [6.45, 7) is 2.32. The van der Waals surface area contributed by atoms with Gasteiger partial charge in [-0.3, -0.25) is 0 Å². The smallest absolute Gasteiger partial charge is 0.358 e. The first-order valence-electron chi connectivity index (χ1n) is 9.67. The Morgan fingerprint density at radius 1 is 1.21 bits per heavy atom. The lowest BCUT2D eigenvalue weighted by Gasteiger charge is -2.29. The zero-order chi connectivity index (χ0) is 20.1. The molecule has 1 heterocycles. The van der Waals surface area contributed by atoms with Crippen LogP contribution in [0.5, 0.6) is 11.6 Å². The number of rotatable bonds is 8. The molecule has 0 amide bonds. The van der Waals surface area contributed by atoms with Gasteiger partial charge in [-0.05, 0) is 37.0 Å². The lowest BCUT2D eigenvalue weighted by atomic mass is 9.76. The highest BCUT2D eigenvalue weighted by atomic mass is 79.9. The van der Waals surface area contributed by atoms with Crippen LogP contribution in [-0.2, 0) is 11.8 Å². The highest BCUT2D eigenvalue weighted by Crippen LogP contribution is 2.44. The quantitative estimate of drug-likeness (QED) is 0.559. The van der Waals surface area contributed by atoms with Gasteiger partial charge in [-0.2, -0.15) is 4.98 Å². The van der Waals surface area contributed by atoms with Crippen molar-refractivity contribution in [2.45, 2.75) is 57.3 Å². The van der Waals surface area contributed by atoms with Crippen molar-refractivity contribution in [3.63, 3.8) is 0 Å². The molecule has 0 saturated heterocycles. The molecule has 7 heteroatoms. The molecule has 1 aromatic heterocycles. The summed E-state index contributed by atoms with van der Waals surface area (Å²) in [5.41, 5.74) is 0.770. The molecule has 6 nitrogen and oxygen atoms in total. The molecular weight excluding hydrogens is 424 g/mol. The van der Waals surface area contributed by atoms with E-state index in [-0.39, 0.29) is 16.9 Å². The van der Waals surface area contributed by atoms with Gasteiger partial charge in [0.05, 0.1) is 6.61 Å². The van der Waals surface area contributed by atoms with Crippen LogP contribution in [0.1, 0.15) is 67.3 Å². The van der Waals surface area contributed by atoms with Gasteiger partial charge in [-0.1, -0.05) is 54.2 Å². The average molecular weight is 449 g/mol. The maximum absolute atomic E-state index is 11.7. The van der Waals surface area contributed by atoms with Crippen molar-refractivity contribution in [1.29, 1.82) is 0 Å². The topological polar surface area (TPSA) is 92.5 Å². The second-order valence-corrected chi connectivity index (χ2v) is 8.24. The molecular formula is C21H25BrN2O4. The van der Waals surface area contributed by atoms with Crippen LogP contribution >= 0.6 is 15.9 Å². The van der Waals surface area contributed by atoms with Crippen LogP contribution < -0.4 is 4.74 Å². The Labute approximate surface area is 173 Å². The number of nitrogens with zero attached hydrogens (tertiary/aromatic N) is 2. The SMILES string of the molecule is CCCCOc1c(O)nc(CC2(c3ccc(Br)cc3)CCCC2)nc1C(=O)O. The molecule has 28 heavy (non-hydrogen) atoms. The fourth-order valence-electron chi connectivity index (χ4n) is 3.88. The van der Waals surface area contributed by atoms with E-state index in [1.54, 1.807) is 0 Å². The van der Waals surface area contributed by atoms with Crippen molar-refractivity contribution in [3.05, 3.63) is 45.8 Å². The van der Waals surface area contributed by atoms with E-state index in [1.165, 1.54) is 5.56 Å². The number of aromatic carboxylic acids is 1. The van der Waals surface area contributed by atoms with Gasteiger partial charge in [0.1, 0.15) is 5.82 Å². The van der Waals surface area contributed by atoms with Gasteiger partial charge in [0.2, 0.25) is 5.75 Å². The maximum atomic E-state index is 11.7. The summed E-state index contributed by atoms with van der Waals surface area (Å²) in [5.74, 6) is -1.44. The molecule has 0 spiro atoms. The molecule has 2 aromatic rings. The summed E-state index contributed by atoms with van der Waals surface area (Å²) >= 11 is 3.47. The highest BCUT2D eigenvalue weighted by Gasteiger charge is 2.37. The number of hydrogen-bond donors (Lipinski definition) is 2. The standard InChI is InChI=1S/C21H25BrN2O4/c1-2-3-12-28-18-17(20(26)27)23-16(24-19(18)25)13-21(10-4-5-11-21)14-6-8-15(22)9-7-14/h6-9H,2-5,10-13H2,1H3,(H,26,27)(H,23,24,25). The van der Waals surface area contributed by atoms with Crippen LogP contribution in [0.15, 0.2) is 28.7 Å². The summed E-state index contributed by atoms with van der Waals surface area (Å²) in [5, 5.41) is 19.9. The number of hydrogen-bond acceptors (Lipinski definition) is 5. The molecule has 150 valence electrons. The number of aromatic nitrogens is 2. The van der Waals surface area contributed by atoms with E-state index >= 15 is 0 Å². The molecule has 0 bridgehead atoms. The van der Waals surface area contributed by atoms with E-state index in [0.717, 1.165) is 43.0 Å². The third kappa shape index (κ3) is 4.46. The molecule has 1 saturated carbocycles. The Morgan fingerprint density at radius 2 is 1.89 bits per heavy atom. The van der Waals surface area contributed by atoms with E-state index < -0.39 is 11.8 Å². The molecule has 1 aromatic carbocycles. The molecule has 3 rings (SSSR count). The Kier molecular flexibility index (Phi) is 6.54. The van der Waals surface area contributed by atoms with Gasteiger partial charge < -0.3 is 14.9 Å². The minimum absolute atomic E-state index is 0.145. The monoisotopic (exact) mass is 448 g/mol. The minimum Gasteiger partial charge on any atom is -0.491 e. The van der Waals surface area contributed by atoms with Crippen molar-refractivity contribution < 1.29 is 19.7 Å². The van der Waals surface area contributed by atoms with Gasteiger partial charge in [0.15, 0.2) is 5.69 Å². The Morgan fingerprint density at radius 3 is 2.50 bits per heavy atom. The fraction of sp³-hybridized carbons (Fsp3) is 0.476. The second kappa shape index (κ2) is 8.90. The summed E-state index contributed by atoms with van der Waals surface area (Å²) in [7, 11) is 0. The first kappa shape index (κ1) is 20.6. The maximum Gasteiger partial charge on any atom is 0.358 e. The van der Waals surface area contributed by atoms with E-state index in [4.69, 9.17) is 4.74 Å². The summed E-state index contributed by atoms with van der Waals surface area (Å²) in [6.07, 6.45) is 6.31. The van der Waals surface area contributed by atoms with Crippen molar-refractivity contribution in [2.24, 2.45) is 0 Å². The third-order valence-corrected chi connectivity index (χ3v) is 5.88. The molecule has 0 atom stereocenters. The van der Waals surface area contributed by atoms with E-state index in [0.29, 0.717) is 18.9 Å². The molecule has 0 aliphatic heterocycles. The molecule has 1 aliphatic rings. The molecule has 0 radical (unpaired) electrons. The summed E-state index contributed by atoms with van der Waals surface area (Å²) in [6, 6.07) is 8.22. The average Bonchev–Trinajstić information content (AvgIpc) is 3.13. The van der Waals surface area contributed by atoms with Crippen LogP contribution in [0.25, 0.3) is 0 Å². The minimum atomic E-state index is -1.23. The van der Waals surface area contributed by atoms with E-state index in [1.807, 2.05) is 19.1 Å². The molecule has 1 fully saturated rings. The molecule has 0 unspecified atom stereocenters. The summed E-state index contributed by atoms with van der Waals surface area (Å²) in [4.78, 5) is 20.1. The highest BCUT2D eigenvalue weighted by molar-refractivity contribution is 9.10. The summed E-state index contributed by atoms with van der Waals surface area (Å²) < 4.78 is 6.47. The lowest BCUT2D eigenvalue weighted by Crippen LogP contribution is -2.27. The number of carboxylic acid groups (broad SMARTS) is 1. The number of halogens is 1. The van der Waals surface area contributed by atoms with E-state index in [2.05, 4.69) is 38.0 Å². The number of carboxylic acids is 1. The van der Waals surface area contributed by atoms with Crippen LogP contribution in [0.4, 0.5) is 0 Å². The molecule has 1 aliphatic carbocycles. The number of unbranched alkanes of at least 4 members (excludes halogenated alkanes) is 1. The Bertz CT molecular complexity index is 833. The number of carbonyl (C=O) groups is 1. The predicted octanol–water partition coefficient (Wildman–Crippen LogP) is 4.88. The largest absolute Gasteiger partial charge is 0.491 e. The zero-order valence-electron chi connectivity index (χ0n) is 15.9. The van der Waals surface area contributed by atoms with Crippen molar-refractivity contribution in [1.82, 2.24) is 9.97 Å². The number of ether oxygens (including phenoxy) is 1.